The molecule has 0 fully saturated rings. The van der Waals surface area contributed by atoms with Crippen LogP contribution in [-0.2, 0) is 4.79 Å². The molecule has 1 N–H and O–H groups in total. The Kier molecular flexibility index (Phi) is 4.79. The van der Waals surface area contributed by atoms with Crippen LogP contribution in [0.25, 0.3) is 6.08 Å². The van der Waals surface area contributed by atoms with Crippen LogP contribution >= 0.6 is 11.3 Å². The quantitative estimate of drug-likeness (QED) is 0.669. The number of anilines is 1. The number of carbonyl (C=O) groups excluding carboxylic acids is 1. The van der Waals surface area contributed by atoms with Crippen molar-refractivity contribution in [3.63, 3.8) is 0 Å². The van der Waals surface area contributed by atoms with E-state index in [0.29, 0.717) is 0 Å². The van der Waals surface area contributed by atoms with Crippen LogP contribution in [-0.4, -0.2) is 5.91 Å². The molecule has 22 heavy (non-hydrogen) atoms. The van der Waals surface area contributed by atoms with Crippen molar-refractivity contribution >= 4 is 29.0 Å². The van der Waals surface area contributed by atoms with Crippen LogP contribution in [0.1, 0.15) is 26.4 Å². The third-order valence-electron chi connectivity index (χ3n) is 3.33. The number of hydrogen-bond donors (Lipinski definition) is 1. The molecular formula is C18H18N2OS. The van der Waals surface area contributed by atoms with Gasteiger partial charge in [-0.3, -0.25) is 4.79 Å². The number of carbonyl (C=O) groups is 1. The van der Waals surface area contributed by atoms with Gasteiger partial charge in [0, 0.05) is 15.4 Å². The molecule has 1 amide bonds. The maximum absolute atomic E-state index is 12.3. The molecule has 0 aliphatic heterocycles. The zero-order valence-electron chi connectivity index (χ0n) is 13.2. The molecule has 0 saturated heterocycles. The summed E-state index contributed by atoms with van der Waals surface area (Å²) in [5, 5.41) is 12.1. The number of hydrogen-bond acceptors (Lipinski definition) is 3. The number of rotatable bonds is 3. The number of nitriles is 1. The molecule has 4 heteroatoms. The summed E-state index contributed by atoms with van der Waals surface area (Å²) in [6.45, 7) is 7.92. The monoisotopic (exact) mass is 310 g/mol. The SMILES string of the molecule is Cc1cc(C)c(NC(=O)/C(C#N)=C/c2ccc(C)s2)c(C)c1. The molecule has 2 aromatic rings. The van der Waals surface area contributed by atoms with E-state index in [1.54, 1.807) is 17.4 Å². The number of benzene rings is 1. The summed E-state index contributed by atoms with van der Waals surface area (Å²) in [5.41, 5.74) is 4.03. The van der Waals surface area contributed by atoms with E-state index in [-0.39, 0.29) is 11.5 Å². The molecule has 0 radical (unpaired) electrons. The van der Waals surface area contributed by atoms with Gasteiger partial charge < -0.3 is 5.32 Å². The van der Waals surface area contributed by atoms with Gasteiger partial charge in [-0.1, -0.05) is 17.7 Å². The number of aryl methyl sites for hydroxylation is 4. The lowest BCUT2D eigenvalue weighted by Gasteiger charge is -2.12. The predicted molar refractivity (Wildman–Crippen MR) is 91.9 cm³/mol. The first-order valence-corrected chi connectivity index (χ1v) is 7.80. The highest BCUT2D eigenvalue weighted by Crippen LogP contribution is 2.23. The molecule has 1 aromatic heterocycles. The lowest BCUT2D eigenvalue weighted by Crippen LogP contribution is -2.15. The van der Waals surface area contributed by atoms with E-state index >= 15 is 0 Å². The van der Waals surface area contributed by atoms with Crippen molar-refractivity contribution in [1.82, 2.24) is 0 Å². The second-order valence-electron chi connectivity index (χ2n) is 5.35. The van der Waals surface area contributed by atoms with Crippen molar-refractivity contribution in [1.29, 1.82) is 5.26 Å². The highest BCUT2D eigenvalue weighted by Gasteiger charge is 2.13. The van der Waals surface area contributed by atoms with Crippen molar-refractivity contribution in [3.8, 4) is 6.07 Å². The normalized spacial score (nSPS) is 11.1. The minimum Gasteiger partial charge on any atom is -0.321 e. The minimum atomic E-state index is -0.372. The van der Waals surface area contributed by atoms with Gasteiger partial charge in [-0.2, -0.15) is 5.26 Å². The summed E-state index contributed by atoms with van der Waals surface area (Å²) in [6, 6.07) is 9.90. The van der Waals surface area contributed by atoms with E-state index in [9.17, 15) is 10.1 Å². The van der Waals surface area contributed by atoms with Crippen LogP contribution in [0.4, 0.5) is 5.69 Å². The number of amides is 1. The molecule has 0 aliphatic carbocycles. The minimum absolute atomic E-state index is 0.112. The maximum atomic E-state index is 12.3. The Hall–Kier alpha value is -2.38. The van der Waals surface area contributed by atoms with Crippen molar-refractivity contribution in [2.24, 2.45) is 0 Å². The third-order valence-corrected chi connectivity index (χ3v) is 4.28. The Morgan fingerprint density at radius 2 is 1.82 bits per heavy atom. The molecule has 2 rings (SSSR count). The fourth-order valence-corrected chi connectivity index (χ4v) is 3.20. The van der Waals surface area contributed by atoms with Crippen LogP contribution < -0.4 is 5.32 Å². The number of nitrogens with one attached hydrogen (secondary N) is 1. The Balaban J connectivity index is 2.28. The van der Waals surface area contributed by atoms with E-state index in [1.165, 1.54) is 0 Å². The van der Waals surface area contributed by atoms with Gasteiger partial charge in [0.1, 0.15) is 11.6 Å². The van der Waals surface area contributed by atoms with Gasteiger partial charge in [0.2, 0.25) is 0 Å². The molecule has 0 atom stereocenters. The summed E-state index contributed by atoms with van der Waals surface area (Å²) < 4.78 is 0. The number of thiophene rings is 1. The van der Waals surface area contributed by atoms with Crippen LogP contribution in [0.5, 0.6) is 0 Å². The van der Waals surface area contributed by atoms with E-state index in [2.05, 4.69) is 5.32 Å². The largest absolute Gasteiger partial charge is 0.321 e. The van der Waals surface area contributed by atoms with Gasteiger partial charge in [-0.25, -0.2) is 0 Å². The van der Waals surface area contributed by atoms with Crippen LogP contribution in [0, 0.1) is 39.0 Å². The Labute approximate surface area is 134 Å². The van der Waals surface area contributed by atoms with Gasteiger partial charge >= 0.3 is 0 Å². The fourth-order valence-electron chi connectivity index (χ4n) is 2.38. The summed E-state index contributed by atoms with van der Waals surface area (Å²) in [5.74, 6) is -0.372. The lowest BCUT2D eigenvalue weighted by molar-refractivity contribution is -0.112. The Morgan fingerprint density at radius 3 is 2.32 bits per heavy atom. The Morgan fingerprint density at radius 1 is 1.18 bits per heavy atom. The van der Waals surface area contributed by atoms with Crippen molar-refractivity contribution in [2.45, 2.75) is 27.7 Å². The topological polar surface area (TPSA) is 52.9 Å². The first-order chi connectivity index (χ1) is 10.4. The van der Waals surface area contributed by atoms with Crippen LogP contribution in [0.2, 0.25) is 0 Å². The molecule has 0 saturated carbocycles. The molecule has 0 aliphatic rings. The fraction of sp³-hybridized carbons (Fsp3) is 0.222. The molecular weight excluding hydrogens is 292 g/mol. The van der Waals surface area contributed by atoms with Crippen molar-refractivity contribution in [2.75, 3.05) is 5.32 Å². The molecule has 1 heterocycles. The second kappa shape index (κ2) is 6.59. The van der Waals surface area contributed by atoms with E-state index in [0.717, 1.165) is 32.1 Å². The zero-order chi connectivity index (χ0) is 16.3. The molecule has 112 valence electrons. The second-order valence-corrected chi connectivity index (χ2v) is 6.67. The highest BCUT2D eigenvalue weighted by molar-refractivity contribution is 7.12. The van der Waals surface area contributed by atoms with E-state index in [4.69, 9.17) is 0 Å². The first-order valence-electron chi connectivity index (χ1n) is 6.98. The predicted octanol–water partition coefficient (Wildman–Crippen LogP) is 4.53. The molecule has 1 aromatic carbocycles. The smallest absolute Gasteiger partial charge is 0.266 e. The molecule has 0 unspecified atom stereocenters. The van der Waals surface area contributed by atoms with E-state index < -0.39 is 0 Å². The summed E-state index contributed by atoms with van der Waals surface area (Å²) in [4.78, 5) is 14.4. The van der Waals surface area contributed by atoms with E-state index in [1.807, 2.05) is 58.0 Å². The van der Waals surface area contributed by atoms with Gasteiger partial charge in [0.25, 0.3) is 5.91 Å². The van der Waals surface area contributed by atoms with Gasteiger partial charge in [0.15, 0.2) is 0 Å². The summed E-state index contributed by atoms with van der Waals surface area (Å²) in [7, 11) is 0. The molecule has 0 bridgehead atoms. The van der Waals surface area contributed by atoms with Crippen LogP contribution in [0.3, 0.4) is 0 Å². The average molecular weight is 310 g/mol. The van der Waals surface area contributed by atoms with Crippen LogP contribution in [0.15, 0.2) is 29.8 Å². The summed E-state index contributed by atoms with van der Waals surface area (Å²) in [6.07, 6.45) is 1.63. The lowest BCUT2D eigenvalue weighted by atomic mass is 10.0. The van der Waals surface area contributed by atoms with Gasteiger partial charge in [-0.05, 0) is 57.0 Å². The zero-order valence-corrected chi connectivity index (χ0v) is 14.0. The maximum Gasteiger partial charge on any atom is 0.266 e. The highest BCUT2D eigenvalue weighted by atomic mass is 32.1. The molecule has 0 spiro atoms. The molecule has 3 nitrogen and oxygen atoms in total. The van der Waals surface area contributed by atoms with Gasteiger partial charge in [0.05, 0.1) is 0 Å². The Bertz CT molecular complexity index is 771. The first kappa shape index (κ1) is 16.0. The average Bonchev–Trinajstić information content (AvgIpc) is 2.85. The van der Waals surface area contributed by atoms with Crippen molar-refractivity contribution in [3.05, 3.63) is 56.3 Å². The third kappa shape index (κ3) is 3.63. The van der Waals surface area contributed by atoms with Crippen molar-refractivity contribution < 1.29 is 4.79 Å². The number of nitrogens with zero attached hydrogens (tertiary/aromatic N) is 1. The van der Waals surface area contributed by atoms with Gasteiger partial charge in [-0.15, -0.1) is 11.3 Å². The summed E-state index contributed by atoms with van der Waals surface area (Å²) >= 11 is 1.56. The standard InChI is InChI=1S/C18H18N2OS/c1-11-7-12(2)17(13(3)8-11)20-18(21)15(10-19)9-16-6-5-14(4)22-16/h5-9H,1-4H3,(H,20,21)/b15-9+.